The largest absolute Gasteiger partial charge is 0.350 e. The second-order valence-corrected chi connectivity index (χ2v) is 6.54. The van der Waals surface area contributed by atoms with Crippen LogP contribution >= 0.6 is 11.8 Å². The molecule has 0 amide bonds. The molecule has 102 valence electrons. The van der Waals surface area contributed by atoms with E-state index in [1.807, 2.05) is 11.8 Å². The quantitative estimate of drug-likeness (QED) is 0.771. The van der Waals surface area contributed by atoms with Gasteiger partial charge in [0.1, 0.15) is 0 Å². The second kappa shape index (κ2) is 5.22. The number of likely N-dealkylation sites (tertiary alicyclic amines) is 1. The standard InChI is InChI=1S/C16H22N2S/c1-17-8-6-12(7-9-17)15-11-18(2)16-10-13(19-3)4-5-14(15)16/h4-5,10-12H,6-9H2,1-3H3. The molecular formula is C16H22N2S. The van der Waals surface area contributed by atoms with Crippen molar-refractivity contribution in [2.75, 3.05) is 26.4 Å². The topological polar surface area (TPSA) is 8.17 Å². The number of piperidine rings is 1. The normalized spacial score (nSPS) is 18.3. The molecule has 2 aromatic rings. The minimum Gasteiger partial charge on any atom is -0.350 e. The van der Waals surface area contributed by atoms with Crippen LogP contribution in [0.25, 0.3) is 10.9 Å². The zero-order valence-corrected chi connectivity index (χ0v) is 12.8. The minimum absolute atomic E-state index is 0.736. The average molecular weight is 274 g/mol. The molecule has 0 bridgehead atoms. The molecule has 0 spiro atoms. The lowest BCUT2D eigenvalue weighted by Gasteiger charge is -2.28. The third-order valence-corrected chi connectivity index (χ3v) is 5.11. The van der Waals surface area contributed by atoms with Gasteiger partial charge in [-0.25, -0.2) is 0 Å². The summed E-state index contributed by atoms with van der Waals surface area (Å²) in [7, 11) is 4.40. The van der Waals surface area contributed by atoms with Gasteiger partial charge in [-0.05, 0) is 62.8 Å². The lowest BCUT2D eigenvalue weighted by molar-refractivity contribution is 0.256. The number of rotatable bonds is 2. The Bertz CT molecular complexity index is 580. The molecule has 1 aromatic carbocycles. The highest BCUT2D eigenvalue weighted by molar-refractivity contribution is 7.98. The molecule has 3 heteroatoms. The molecule has 0 radical (unpaired) electrons. The number of benzene rings is 1. The Hall–Kier alpha value is -0.930. The maximum absolute atomic E-state index is 2.44. The van der Waals surface area contributed by atoms with Crippen molar-refractivity contribution in [3.8, 4) is 0 Å². The first-order valence-corrected chi connectivity index (χ1v) is 8.23. The molecule has 0 atom stereocenters. The zero-order valence-electron chi connectivity index (χ0n) is 12.0. The van der Waals surface area contributed by atoms with Crippen molar-refractivity contribution in [3.05, 3.63) is 30.0 Å². The van der Waals surface area contributed by atoms with E-state index in [1.54, 1.807) is 5.56 Å². The van der Waals surface area contributed by atoms with E-state index < -0.39 is 0 Å². The van der Waals surface area contributed by atoms with Crippen molar-refractivity contribution >= 4 is 22.7 Å². The lowest BCUT2D eigenvalue weighted by Crippen LogP contribution is -2.29. The molecule has 1 fully saturated rings. The molecule has 1 aliphatic heterocycles. The molecule has 0 saturated carbocycles. The summed E-state index contributed by atoms with van der Waals surface area (Å²) in [6.07, 6.45) is 7.08. The first-order valence-electron chi connectivity index (χ1n) is 7.00. The summed E-state index contributed by atoms with van der Waals surface area (Å²) in [4.78, 5) is 3.79. The number of fused-ring (bicyclic) bond motifs is 1. The van der Waals surface area contributed by atoms with Crippen molar-refractivity contribution in [2.45, 2.75) is 23.7 Å². The van der Waals surface area contributed by atoms with E-state index in [0.29, 0.717) is 0 Å². The second-order valence-electron chi connectivity index (χ2n) is 5.66. The predicted molar refractivity (Wildman–Crippen MR) is 84.2 cm³/mol. The monoisotopic (exact) mass is 274 g/mol. The Kier molecular flexibility index (Phi) is 3.59. The molecule has 0 aliphatic carbocycles. The fraction of sp³-hybridized carbons (Fsp3) is 0.500. The van der Waals surface area contributed by atoms with E-state index >= 15 is 0 Å². The van der Waals surface area contributed by atoms with Crippen LogP contribution in [0.2, 0.25) is 0 Å². The predicted octanol–water partition coefficient (Wildman–Crippen LogP) is 3.71. The van der Waals surface area contributed by atoms with Gasteiger partial charge in [0, 0.05) is 29.0 Å². The van der Waals surface area contributed by atoms with Crippen LogP contribution in [-0.2, 0) is 7.05 Å². The minimum atomic E-state index is 0.736. The molecule has 1 aliphatic rings. The van der Waals surface area contributed by atoms with E-state index in [0.717, 1.165) is 5.92 Å². The van der Waals surface area contributed by atoms with Gasteiger partial charge >= 0.3 is 0 Å². The van der Waals surface area contributed by atoms with Crippen LogP contribution in [0, 0.1) is 0 Å². The molecule has 2 nitrogen and oxygen atoms in total. The SMILES string of the molecule is CSc1ccc2c(C3CCN(C)CC3)cn(C)c2c1. The van der Waals surface area contributed by atoms with Gasteiger partial charge < -0.3 is 9.47 Å². The number of aromatic nitrogens is 1. The lowest BCUT2D eigenvalue weighted by atomic mass is 9.89. The summed E-state index contributed by atoms with van der Waals surface area (Å²) < 4.78 is 2.29. The summed E-state index contributed by atoms with van der Waals surface area (Å²) in [5, 5.41) is 1.45. The number of hydrogen-bond acceptors (Lipinski definition) is 2. The van der Waals surface area contributed by atoms with Gasteiger partial charge in [-0.2, -0.15) is 0 Å². The first kappa shape index (κ1) is 13.1. The third kappa shape index (κ3) is 2.41. The highest BCUT2D eigenvalue weighted by Gasteiger charge is 2.21. The number of aryl methyl sites for hydroxylation is 1. The molecular weight excluding hydrogens is 252 g/mol. The van der Waals surface area contributed by atoms with Gasteiger partial charge in [-0.15, -0.1) is 11.8 Å². The first-order chi connectivity index (χ1) is 9.19. The summed E-state index contributed by atoms with van der Waals surface area (Å²) in [5.74, 6) is 0.736. The molecule has 19 heavy (non-hydrogen) atoms. The maximum atomic E-state index is 2.44. The fourth-order valence-corrected chi connectivity index (χ4v) is 3.60. The zero-order chi connectivity index (χ0) is 13.4. The summed E-state index contributed by atoms with van der Waals surface area (Å²) in [6.45, 7) is 2.45. The van der Waals surface area contributed by atoms with Gasteiger partial charge in [0.15, 0.2) is 0 Å². The maximum Gasteiger partial charge on any atom is 0.0491 e. The third-order valence-electron chi connectivity index (χ3n) is 4.39. The molecule has 0 N–H and O–H groups in total. The smallest absolute Gasteiger partial charge is 0.0491 e. The van der Waals surface area contributed by atoms with E-state index in [1.165, 1.54) is 41.7 Å². The van der Waals surface area contributed by atoms with Crippen LogP contribution in [-0.4, -0.2) is 35.9 Å². The van der Waals surface area contributed by atoms with Crippen molar-refractivity contribution in [1.82, 2.24) is 9.47 Å². The van der Waals surface area contributed by atoms with Crippen LogP contribution in [0.3, 0.4) is 0 Å². The van der Waals surface area contributed by atoms with E-state index in [-0.39, 0.29) is 0 Å². The van der Waals surface area contributed by atoms with Gasteiger partial charge in [0.05, 0.1) is 0 Å². The van der Waals surface area contributed by atoms with Crippen molar-refractivity contribution < 1.29 is 0 Å². The Morgan fingerprint density at radius 3 is 2.58 bits per heavy atom. The molecule has 2 heterocycles. The Labute approximate surface area is 119 Å². The highest BCUT2D eigenvalue weighted by atomic mass is 32.2. The molecule has 3 rings (SSSR count). The van der Waals surface area contributed by atoms with Gasteiger partial charge in [0.25, 0.3) is 0 Å². The van der Waals surface area contributed by atoms with E-state index in [2.05, 4.69) is 54.2 Å². The van der Waals surface area contributed by atoms with Crippen LogP contribution in [0.1, 0.15) is 24.3 Å². The van der Waals surface area contributed by atoms with Crippen LogP contribution < -0.4 is 0 Å². The number of hydrogen-bond donors (Lipinski definition) is 0. The van der Waals surface area contributed by atoms with Crippen LogP contribution in [0.4, 0.5) is 0 Å². The van der Waals surface area contributed by atoms with Crippen LogP contribution in [0.15, 0.2) is 29.3 Å². The Balaban J connectivity index is 2.00. The Morgan fingerprint density at radius 2 is 1.89 bits per heavy atom. The average Bonchev–Trinajstić information content (AvgIpc) is 2.76. The number of nitrogens with zero attached hydrogens (tertiary/aromatic N) is 2. The van der Waals surface area contributed by atoms with Crippen molar-refractivity contribution in [2.24, 2.45) is 7.05 Å². The van der Waals surface area contributed by atoms with Crippen LogP contribution in [0.5, 0.6) is 0 Å². The Morgan fingerprint density at radius 1 is 1.16 bits per heavy atom. The van der Waals surface area contributed by atoms with Gasteiger partial charge in [0.2, 0.25) is 0 Å². The van der Waals surface area contributed by atoms with Gasteiger partial charge in [-0.1, -0.05) is 6.07 Å². The summed E-state index contributed by atoms with van der Waals surface area (Å²) >= 11 is 1.82. The van der Waals surface area contributed by atoms with Gasteiger partial charge in [-0.3, -0.25) is 0 Å². The summed E-state index contributed by atoms with van der Waals surface area (Å²) in [6, 6.07) is 6.89. The molecule has 1 aromatic heterocycles. The van der Waals surface area contributed by atoms with Crippen molar-refractivity contribution in [1.29, 1.82) is 0 Å². The van der Waals surface area contributed by atoms with E-state index in [9.17, 15) is 0 Å². The highest BCUT2D eigenvalue weighted by Crippen LogP contribution is 2.35. The summed E-state index contributed by atoms with van der Waals surface area (Å²) in [5.41, 5.74) is 2.93. The number of thioether (sulfide) groups is 1. The van der Waals surface area contributed by atoms with E-state index in [4.69, 9.17) is 0 Å². The molecule has 1 saturated heterocycles. The van der Waals surface area contributed by atoms with Crippen molar-refractivity contribution in [3.63, 3.8) is 0 Å². The molecule has 0 unspecified atom stereocenters. The fourth-order valence-electron chi connectivity index (χ4n) is 3.17.